The molecule has 5 atom stereocenters. The zero-order valence-corrected chi connectivity index (χ0v) is 22.5. The first-order valence-electron chi connectivity index (χ1n) is 14.1. The molecule has 2 N–H and O–H groups in total. The van der Waals surface area contributed by atoms with Crippen LogP contribution < -0.4 is 4.74 Å². The molecule has 38 heavy (non-hydrogen) atoms. The highest BCUT2D eigenvalue weighted by Gasteiger charge is 2.73. The number of aliphatic hydroxyl groups is 1. The summed E-state index contributed by atoms with van der Waals surface area (Å²) < 4.78 is 7.87. The lowest BCUT2D eigenvalue weighted by molar-refractivity contribution is -0.200. The van der Waals surface area contributed by atoms with Crippen LogP contribution >= 0.6 is 11.3 Å². The third kappa shape index (κ3) is 2.98. The molecule has 2 saturated carbocycles. The molecular formula is C31H34N2O4S. The quantitative estimate of drug-likeness (QED) is 0.516. The van der Waals surface area contributed by atoms with Crippen molar-refractivity contribution in [3.05, 3.63) is 58.5 Å². The number of hydrogen-bond donors (Lipinski definition) is 2. The van der Waals surface area contributed by atoms with Gasteiger partial charge in [-0.1, -0.05) is 18.2 Å². The molecule has 3 aliphatic carbocycles. The van der Waals surface area contributed by atoms with Crippen molar-refractivity contribution in [2.45, 2.75) is 74.1 Å². The molecule has 1 saturated heterocycles. The van der Waals surface area contributed by atoms with Crippen LogP contribution in [0.25, 0.3) is 10.1 Å². The minimum Gasteiger partial charge on any atom is -0.504 e. The van der Waals surface area contributed by atoms with E-state index in [0.29, 0.717) is 25.0 Å². The summed E-state index contributed by atoms with van der Waals surface area (Å²) in [7, 11) is 1.90. The third-order valence-electron chi connectivity index (χ3n) is 10.6. The van der Waals surface area contributed by atoms with Crippen LogP contribution in [0, 0.1) is 5.92 Å². The van der Waals surface area contributed by atoms with Gasteiger partial charge < -0.3 is 19.8 Å². The lowest BCUT2D eigenvalue weighted by Crippen LogP contribution is -2.78. The number of aromatic hydroxyl groups is 1. The number of hydrogen-bond acceptors (Lipinski definition) is 6. The van der Waals surface area contributed by atoms with Gasteiger partial charge in [0.1, 0.15) is 6.10 Å². The average molecular weight is 531 g/mol. The van der Waals surface area contributed by atoms with Gasteiger partial charge in [0.15, 0.2) is 11.5 Å². The SMILES string of the molecule is CN(C(=O)Cc1cccc2sccc12)[C@H]1CC[C@@]2(O)[C@H]3Cc4ccc(O)c5c4[C@@]2(CCN3CC2CC2)[C@H]1O5. The monoisotopic (exact) mass is 530 g/mol. The summed E-state index contributed by atoms with van der Waals surface area (Å²) in [6.45, 7) is 1.98. The summed E-state index contributed by atoms with van der Waals surface area (Å²) >= 11 is 1.70. The predicted octanol–water partition coefficient (Wildman–Crippen LogP) is 4.24. The molecule has 1 spiro atoms. The molecule has 0 unspecified atom stereocenters. The van der Waals surface area contributed by atoms with Crippen LogP contribution in [-0.2, 0) is 23.1 Å². The number of thiophene rings is 1. The lowest BCUT2D eigenvalue weighted by Gasteiger charge is -2.64. The standard InChI is InChI=1S/C31H34N2O4S/c1-32(26(35)16-19-3-2-4-24-21(19)10-14-38-24)22-9-11-31(36)25-15-20-7-8-23(34)28-27(20)30(31,29(22)37-28)12-13-33(25)17-18-5-6-18/h2-4,7-8,10,14,18,22,25,29,34,36H,5-6,9,11-13,15-17H2,1H3/t22-,25+,29-,30-,31+/m0/s1. The molecule has 6 nitrogen and oxygen atoms in total. The zero-order chi connectivity index (χ0) is 25.8. The van der Waals surface area contributed by atoms with Gasteiger partial charge in [-0.25, -0.2) is 0 Å². The number of piperidine rings is 1. The number of rotatable bonds is 5. The van der Waals surface area contributed by atoms with E-state index in [9.17, 15) is 15.0 Å². The third-order valence-corrected chi connectivity index (χ3v) is 11.4. The van der Waals surface area contributed by atoms with Crippen molar-refractivity contribution in [3.8, 4) is 11.5 Å². The summed E-state index contributed by atoms with van der Waals surface area (Å²) in [5, 5.41) is 26.8. The number of fused-ring (bicyclic) bond motifs is 1. The summed E-state index contributed by atoms with van der Waals surface area (Å²) in [4.78, 5) is 18.2. The molecule has 3 fully saturated rings. The first kappa shape index (κ1) is 23.3. The van der Waals surface area contributed by atoms with Crippen molar-refractivity contribution >= 4 is 27.3 Å². The molecule has 2 bridgehead atoms. The maximum atomic E-state index is 13.8. The normalized spacial score (nSPS) is 33.2. The Morgan fingerprint density at radius 3 is 2.89 bits per heavy atom. The van der Waals surface area contributed by atoms with Crippen molar-refractivity contribution in [1.29, 1.82) is 0 Å². The number of likely N-dealkylation sites (N-methyl/N-ethyl adjacent to an activating group) is 1. The first-order valence-corrected chi connectivity index (χ1v) is 15.0. The fourth-order valence-electron chi connectivity index (χ4n) is 8.54. The summed E-state index contributed by atoms with van der Waals surface area (Å²) in [6.07, 6.45) is 5.44. The molecular weight excluding hydrogens is 496 g/mol. The number of phenols is 1. The van der Waals surface area contributed by atoms with Crippen LogP contribution in [0.1, 0.15) is 48.8 Å². The van der Waals surface area contributed by atoms with E-state index in [2.05, 4.69) is 22.4 Å². The molecule has 2 aliphatic heterocycles. The van der Waals surface area contributed by atoms with Gasteiger partial charge >= 0.3 is 0 Å². The highest BCUT2D eigenvalue weighted by Crippen LogP contribution is 2.66. The zero-order valence-electron chi connectivity index (χ0n) is 21.7. The largest absolute Gasteiger partial charge is 0.504 e. The van der Waals surface area contributed by atoms with Crippen LogP contribution in [0.3, 0.4) is 0 Å². The molecule has 2 aromatic carbocycles. The molecule has 5 aliphatic rings. The summed E-state index contributed by atoms with van der Waals surface area (Å²) in [6, 6.07) is 11.9. The number of nitrogens with zero attached hydrogens (tertiary/aromatic N) is 2. The number of amides is 1. The van der Waals surface area contributed by atoms with Crippen LogP contribution in [0.5, 0.6) is 11.5 Å². The predicted molar refractivity (Wildman–Crippen MR) is 147 cm³/mol. The first-order chi connectivity index (χ1) is 18.4. The van der Waals surface area contributed by atoms with Crippen LogP contribution in [0.4, 0.5) is 0 Å². The second-order valence-corrected chi connectivity index (χ2v) is 13.3. The van der Waals surface area contributed by atoms with Crippen molar-refractivity contribution in [3.63, 3.8) is 0 Å². The van der Waals surface area contributed by atoms with Gasteiger partial charge in [0.25, 0.3) is 0 Å². The average Bonchev–Trinajstić information content (AvgIpc) is 3.45. The lowest BCUT2D eigenvalue weighted by atomic mass is 9.48. The molecule has 8 rings (SSSR count). The van der Waals surface area contributed by atoms with E-state index in [1.807, 2.05) is 30.1 Å². The highest BCUT2D eigenvalue weighted by atomic mass is 32.1. The minimum absolute atomic E-state index is 0.0455. The van der Waals surface area contributed by atoms with Crippen molar-refractivity contribution in [2.24, 2.45) is 5.92 Å². The Morgan fingerprint density at radius 1 is 1.18 bits per heavy atom. The van der Waals surface area contributed by atoms with Crippen LogP contribution in [0.15, 0.2) is 41.8 Å². The summed E-state index contributed by atoms with van der Waals surface area (Å²) in [5.74, 6) is 1.51. The van der Waals surface area contributed by atoms with Gasteiger partial charge in [-0.2, -0.15) is 0 Å². The van der Waals surface area contributed by atoms with Crippen LogP contribution in [-0.4, -0.2) is 69.8 Å². The van der Waals surface area contributed by atoms with Crippen molar-refractivity contribution in [1.82, 2.24) is 9.80 Å². The Morgan fingerprint density at radius 2 is 2.05 bits per heavy atom. The Hall–Kier alpha value is -2.61. The van der Waals surface area contributed by atoms with E-state index >= 15 is 0 Å². The fraction of sp³-hybridized carbons (Fsp3) is 0.516. The number of likely N-dealkylation sites (tertiary alicyclic amines) is 1. The summed E-state index contributed by atoms with van der Waals surface area (Å²) in [5.41, 5.74) is 1.71. The Kier molecular flexibility index (Phi) is 4.88. The molecule has 0 radical (unpaired) electrons. The van der Waals surface area contributed by atoms with Crippen LogP contribution in [0.2, 0.25) is 0 Å². The van der Waals surface area contributed by atoms with Crippen molar-refractivity contribution in [2.75, 3.05) is 20.1 Å². The van der Waals surface area contributed by atoms with Gasteiger partial charge in [0.05, 0.1) is 23.5 Å². The van der Waals surface area contributed by atoms with E-state index in [1.54, 1.807) is 17.4 Å². The maximum absolute atomic E-state index is 13.8. The number of carbonyl (C=O) groups is 1. The topological polar surface area (TPSA) is 73.2 Å². The van der Waals surface area contributed by atoms with Gasteiger partial charge in [0, 0.05) is 29.9 Å². The maximum Gasteiger partial charge on any atom is 0.227 e. The Labute approximate surface area is 226 Å². The number of carbonyl (C=O) groups excluding carboxylic acids is 1. The number of phenolic OH excluding ortho intramolecular Hbond substituents is 1. The molecule has 1 amide bonds. The van der Waals surface area contributed by atoms with E-state index in [0.717, 1.165) is 48.4 Å². The second-order valence-electron chi connectivity index (χ2n) is 12.3. The smallest absolute Gasteiger partial charge is 0.227 e. The van der Waals surface area contributed by atoms with Gasteiger partial charge in [-0.3, -0.25) is 9.69 Å². The highest BCUT2D eigenvalue weighted by molar-refractivity contribution is 7.17. The van der Waals surface area contributed by atoms with E-state index in [4.69, 9.17) is 4.74 Å². The van der Waals surface area contributed by atoms with E-state index in [1.165, 1.54) is 23.1 Å². The van der Waals surface area contributed by atoms with Gasteiger partial charge in [-0.15, -0.1) is 11.3 Å². The number of ether oxygens (including phenoxy) is 1. The van der Waals surface area contributed by atoms with Gasteiger partial charge in [0.2, 0.25) is 5.91 Å². The molecule has 198 valence electrons. The fourth-order valence-corrected chi connectivity index (χ4v) is 9.37. The molecule has 3 aromatic rings. The van der Waals surface area contributed by atoms with E-state index in [-0.39, 0.29) is 29.8 Å². The molecule has 1 aromatic heterocycles. The number of benzene rings is 2. The molecule has 7 heteroatoms. The van der Waals surface area contributed by atoms with Crippen molar-refractivity contribution < 1.29 is 19.7 Å². The minimum atomic E-state index is -0.931. The van der Waals surface area contributed by atoms with E-state index < -0.39 is 11.0 Å². The Bertz CT molecular complexity index is 1470. The van der Waals surface area contributed by atoms with Gasteiger partial charge in [-0.05, 0) is 91.1 Å². The molecule has 3 heterocycles. The second kappa shape index (κ2) is 7.96. The Balaban J connectivity index is 1.17.